The molecule has 0 radical (unpaired) electrons. The molecule has 1 aliphatic rings. The lowest BCUT2D eigenvalue weighted by molar-refractivity contribution is 0.0663. The molecule has 2 aromatic rings. The number of hydrogen-bond donors (Lipinski definition) is 1. The van der Waals surface area contributed by atoms with Crippen LogP contribution in [0.5, 0.6) is 11.5 Å². The van der Waals surface area contributed by atoms with Crippen molar-refractivity contribution in [3.05, 3.63) is 29.3 Å². The molecule has 1 saturated heterocycles. The van der Waals surface area contributed by atoms with Crippen LogP contribution in [0, 0.1) is 0 Å². The van der Waals surface area contributed by atoms with E-state index in [-0.39, 0.29) is 6.10 Å². The van der Waals surface area contributed by atoms with Crippen LogP contribution in [0.3, 0.4) is 0 Å². The third-order valence-corrected chi connectivity index (χ3v) is 4.98. The number of likely N-dealkylation sites (tertiary alicyclic amines) is 1. The van der Waals surface area contributed by atoms with Crippen LogP contribution in [0.25, 0.3) is 10.6 Å². The van der Waals surface area contributed by atoms with Crippen LogP contribution in [-0.2, 0) is 6.54 Å². The van der Waals surface area contributed by atoms with Gasteiger partial charge in [-0.15, -0.1) is 11.3 Å². The molecular weight excluding hydrogens is 312 g/mol. The number of hydrogen-bond acceptors (Lipinski definition) is 6. The summed E-state index contributed by atoms with van der Waals surface area (Å²) in [5.74, 6) is 1.53. The van der Waals surface area contributed by atoms with E-state index in [1.54, 1.807) is 25.6 Å². The number of benzene rings is 1. The minimum Gasteiger partial charge on any atom is -0.497 e. The van der Waals surface area contributed by atoms with E-state index in [2.05, 4.69) is 10.3 Å². The molecule has 23 heavy (non-hydrogen) atoms. The van der Waals surface area contributed by atoms with Gasteiger partial charge in [0.2, 0.25) is 0 Å². The van der Waals surface area contributed by atoms with Crippen molar-refractivity contribution in [3.8, 4) is 22.1 Å². The summed E-state index contributed by atoms with van der Waals surface area (Å²) in [6.07, 6.45) is 1.75. The summed E-state index contributed by atoms with van der Waals surface area (Å²) in [5, 5.41) is 12.8. The summed E-state index contributed by atoms with van der Waals surface area (Å²) >= 11 is 1.61. The van der Waals surface area contributed by atoms with Crippen LogP contribution >= 0.6 is 11.3 Å². The average Bonchev–Trinajstić information content (AvgIpc) is 3.02. The van der Waals surface area contributed by atoms with Crippen LogP contribution in [0.15, 0.2) is 23.6 Å². The van der Waals surface area contributed by atoms with Gasteiger partial charge in [0.15, 0.2) is 0 Å². The fourth-order valence-corrected chi connectivity index (χ4v) is 3.72. The maximum atomic E-state index is 9.77. The lowest BCUT2D eigenvalue weighted by Gasteiger charge is -2.29. The molecule has 0 bridgehead atoms. The molecule has 2 heterocycles. The maximum absolute atomic E-state index is 9.77. The van der Waals surface area contributed by atoms with Crippen molar-refractivity contribution >= 4 is 11.3 Å². The van der Waals surface area contributed by atoms with E-state index in [0.29, 0.717) is 0 Å². The minimum absolute atomic E-state index is 0.205. The Labute approximate surface area is 140 Å². The predicted molar refractivity (Wildman–Crippen MR) is 91.2 cm³/mol. The molecule has 0 amide bonds. The molecule has 1 N–H and O–H groups in total. The Hall–Kier alpha value is -1.63. The molecule has 1 atom stereocenters. The van der Waals surface area contributed by atoms with Crippen LogP contribution in [0.2, 0.25) is 0 Å². The van der Waals surface area contributed by atoms with E-state index < -0.39 is 0 Å². The zero-order chi connectivity index (χ0) is 16.2. The number of β-amino-alcohol motifs (C(OH)–C–C–N with tert-alkyl or cyclic N) is 1. The monoisotopic (exact) mass is 334 g/mol. The zero-order valence-electron chi connectivity index (χ0n) is 13.5. The first-order valence-electron chi connectivity index (χ1n) is 7.77. The first kappa shape index (κ1) is 16.2. The molecule has 1 aliphatic heterocycles. The van der Waals surface area contributed by atoms with E-state index in [1.165, 1.54) is 0 Å². The normalized spacial score (nSPS) is 18.8. The van der Waals surface area contributed by atoms with Gasteiger partial charge in [-0.1, -0.05) is 0 Å². The number of aliphatic hydroxyl groups is 1. The Morgan fingerprint density at radius 3 is 2.96 bits per heavy atom. The van der Waals surface area contributed by atoms with Crippen LogP contribution in [0.4, 0.5) is 0 Å². The second-order valence-corrected chi connectivity index (χ2v) is 6.60. The molecular formula is C17H22N2O3S. The second-order valence-electron chi connectivity index (χ2n) is 5.74. The van der Waals surface area contributed by atoms with Gasteiger partial charge in [0.05, 0.1) is 31.6 Å². The standard InChI is InChI=1S/C17H22N2O3S/c1-21-14-5-6-15(16(8-14)22-2)17-18-12(11-23-17)9-19-7-3-4-13(20)10-19/h5-6,8,11,13,20H,3-4,7,9-10H2,1-2H3. The quantitative estimate of drug-likeness (QED) is 0.911. The summed E-state index contributed by atoms with van der Waals surface area (Å²) in [6, 6.07) is 5.77. The number of aliphatic hydroxyl groups excluding tert-OH is 1. The van der Waals surface area contributed by atoms with Crippen LogP contribution in [0.1, 0.15) is 18.5 Å². The first-order chi connectivity index (χ1) is 11.2. The molecule has 1 aromatic carbocycles. The van der Waals surface area contributed by atoms with Crippen molar-refractivity contribution in [1.29, 1.82) is 0 Å². The van der Waals surface area contributed by atoms with E-state index in [9.17, 15) is 5.11 Å². The van der Waals surface area contributed by atoms with E-state index in [4.69, 9.17) is 14.5 Å². The fraction of sp³-hybridized carbons (Fsp3) is 0.471. The van der Waals surface area contributed by atoms with Crippen LogP contribution in [-0.4, -0.2) is 48.4 Å². The third kappa shape index (κ3) is 3.83. The van der Waals surface area contributed by atoms with Crippen molar-refractivity contribution in [1.82, 2.24) is 9.88 Å². The Morgan fingerprint density at radius 1 is 1.35 bits per heavy atom. The highest BCUT2D eigenvalue weighted by atomic mass is 32.1. The van der Waals surface area contributed by atoms with Gasteiger partial charge < -0.3 is 14.6 Å². The highest BCUT2D eigenvalue weighted by Gasteiger charge is 2.19. The molecule has 1 unspecified atom stereocenters. The van der Waals surface area contributed by atoms with Crippen molar-refractivity contribution in [2.75, 3.05) is 27.3 Å². The number of methoxy groups -OCH3 is 2. The molecule has 0 spiro atoms. The molecule has 6 heteroatoms. The first-order valence-corrected chi connectivity index (χ1v) is 8.65. The van der Waals surface area contributed by atoms with E-state index in [0.717, 1.165) is 60.2 Å². The number of thiazole rings is 1. The molecule has 3 rings (SSSR count). The highest BCUT2D eigenvalue weighted by molar-refractivity contribution is 7.13. The highest BCUT2D eigenvalue weighted by Crippen LogP contribution is 2.35. The lowest BCUT2D eigenvalue weighted by Crippen LogP contribution is -2.37. The molecule has 1 aromatic heterocycles. The lowest BCUT2D eigenvalue weighted by atomic mass is 10.1. The van der Waals surface area contributed by atoms with Gasteiger partial charge in [-0.2, -0.15) is 0 Å². The molecule has 1 fully saturated rings. The number of nitrogens with zero attached hydrogens (tertiary/aromatic N) is 2. The Balaban J connectivity index is 1.76. The summed E-state index contributed by atoms with van der Waals surface area (Å²) < 4.78 is 10.7. The van der Waals surface area contributed by atoms with Gasteiger partial charge in [0.25, 0.3) is 0 Å². The smallest absolute Gasteiger partial charge is 0.132 e. The third-order valence-electron chi connectivity index (χ3n) is 4.06. The van der Waals surface area contributed by atoms with Gasteiger partial charge in [0, 0.05) is 24.5 Å². The summed E-state index contributed by atoms with van der Waals surface area (Å²) in [7, 11) is 3.30. The van der Waals surface area contributed by atoms with Gasteiger partial charge in [0.1, 0.15) is 16.5 Å². The van der Waals surface area contributed by atoms with E-state index in [1.807, 2.05) is 18.2 Å². The second kappa shape index (κ2) is 7.29. The van der Waals surface area contributed by atoms with Crippen molar-refractivity contribution < 1.29 is 14.6 Å². The Morgan fingerprint density at radius 2 is 2.22 bits per heavy atom. The van der Waals surface area contributed by atoms with E-state index >= 15 is 0 Å². The molecule has 124 valence electrons. The van der Waals surface area contributed by atoms with Gasteiger partial charge in [-0.3, -0.25) is 4.90 Å². The minimum atomic E-state index is -0.205. The number of piperidine rings is 1. The van der Waals surface area contributed by atoms with Crippen molar-refractivity contribution in [2.45, 2.75) is 25.5 Å². The average molecular weight is 334 g/mol. The number of aromatic nitrogens is 1. The molecule has 5 nitrogen and oxygen atoms in total. The molecule has 0 aliphatic carbocycles. The molecule has 0 saturated carbocycles. The summed E-state index contributed by atoms with van der Waals surface area (Å²) in [6.45, 7) is 2.54. The fourth-order valence-electron chi connectivity index (χ4n) is 2.88. The largest absolute Gasteiger partial charge is 0.497 e. The van der Waals surface area contributed by atoms with Crippen LogP contribution < -0.4 is 9.47 Å². The number of ether oxygens (including phenoxy) is 2. The van der Waals surface area contributed by atoms with Gasteiger partial charge in [-0.05, 0) is 31.5 Å². The predicted octanol–water partition coefficient (Wildman–Crippen LogP) is 2.78. The Kier molecular flexibility index (Phi) is 5.15. The summed E-state index contributed by atoms with van der Waals surface area (Å²) in [5.41, 5.74) is 2.01. The van der Waals surface area contributed by atoms with Crippen molar-refractivity contribution in [2.24, 2.45) is 0 Å². The maximum Gasteiger partial charge on any atom is 0.132 e. The Bertz CT molecular complexity index is 659. The topological polar surface area (TPSA) is 54.8 Å². The van der Waals surface area contributed by atoms with Gasteiger partial charge >= 0.3 is 0 Å². The SMILES string of the molecule is COc1ccc(-c2nc(CN3CCCC(O)C3)cs2)c(OC)c1. The summed E-state index contributed by atoms with van der Waals surface area (Å²) in [4.78, 5) is 7.00. The van der Waals surface area contributed by atoms with Gasteiger partial charge in [-0.25, -0.2) is 4.98 Å². The van der Waals surface area contributed by atoms with Crippen molar-refractivity contribution in [3.63, 3.8) is 0 Å². The zero-order valence-corrected chi connectivity index (χ0v) is 14.3. The number of rotatable bonds is 5.